The third-order valence-electron chi connectivity index (χ3n) is 3.53. The average molecular weight is 320 g/mol. The van der Waals surface area contributed by atoms with Crippen molar-refractivity contribution in [3.63, 3.8) is 0 Å². The first-order valence-corrected chi connectivity index (χ1v) is 9.56. The van der Waals surface area contributed by atoms with E-state index in [0.29, 0.717) is 12.0 Å². The number of thioether (sulfide) groups is 1. The smallest absolute Gasteiger partial charge is 0.0599 e. The van der Waals surface area contributed by atoms with Gasteiger partial charge in [-0.2, -0.15) is 0 Å². The van der Waals surface area contributed by atoms with E-state index < -0.39 is 0 Å². The molecule has 1 heterocycles. The molecule has 2 aromatic rings. The van der Waals surface area contributed by atoms with Gasteiger partial charge in [-0.25, -0.2) is 0 Å². The summed E-state index contributed by atoms with van der Waals surface area (Å²) in [6.07, 6.45) is 1.17. The maximum absolute atomic E-state index is 3.68. The Bertz CT molecular complexity index is 503. The van der Waals surface area contributed by atoms with E-state index in [0.717, 1.165) is 12.3 Å². The first-order valence-electron chi connectivity index (χ1n) is 7.70. The molecule has 1 aromatic carbocycles. The van der Waals surface area contributed by atoms with Crippen molar-refractivity contribution in [1.29, 1.82) is 0 Å². The van der Waals surface area contributed by atoms with Gasteiger partial charge in [0.1, 0.15) is 0 Å². The quantitative estimate of drug-likeness (QED) is 0.626. The van der Waals surface area contributed by atoms with Crippen LogP contribution in [0, 0.1) is 0 Å². The molecule has 2 rings (SSSR count). The fraction of sp³-hybridized carbons (Fsp3) is 0.444. The summed E-state index contributed by atoms with van der Waals surface area (Å²) in [5.74, 6) is 1.68. The van der Waals surface area contributed by atoms with Crippen LogP contribution in [-0.4, -0.2) is 12.3 Å². The van der Waals surface area contributed by atoms with Crippen LogP contribution >= 0.6 is 23.1 Å². The largest absolute Gasteiger partial charge is 0.309 e. The van der Waals surface area contributed by atoms with Gasteiger partial charge >= 0.3 is 0 Å². The van der Waals surface area contributed by atoms with Gasteiger partial charge in [0.2, 0.25) is 0 Å². The van der Waals surface area contributed by atoms with Gasteiger partial charge in [0.15, 0.2) is 0 Å². The van der Waals surface area contributed by atoms with Crippen LogP contribution in [-0.2, 0) is 0 Å². The lowest BCUT2D eigenvalue weighted by Crippen LogP contribution is -2.24. The number of hydrogen-bond donors (Lipinski definition) is 1. The first kappa shape index (κ1) is 16.6. The molecule has 1 unspecified atom stereocenters. The Morgan fingerprint density at radius 1 is 1.10 bits per heavy atom. The molecule has 0 aliphatic carbocycles. The Hall–Kier alpha value is -0.770. The lowest BCUT2D eigenvalue weighted by Gasteiger charge is -2.19. The van der Waals surface area contributed by atoms with Crippen LogP contribution in [0.5, 0.6) is 0 Å². The summed E-state index contributed by atoms with van der Waals surface area (Å²) in [7, 11) is 0. The third-order valence-corrected chi connectivity index (χ3v) is 5.76. The number of nitrogens with one attached hydrogen (secondary N) is 1. The SMILES string of the molecule is CCCNC(CSc1cccs1)c1ccc(C(C)C)cc1. The predicted molar refractivity (Wildman–Crippen MR) is 96.6 cm³/mol. The molecule has 0 aliphatic heterocycles. The second-order valence-electron chi connectivity index (χ2n) is 5.57. The Morgan fingerprint density at radius 2 is 1.81 bits per heavy atom. The summed E-state index contributed by atoms with van der Waals surface area (Å²) in [5.41, 5.74) is 2.82. The lowest BCUT2D eigenvalue weighted by atomic mass is 9.99. The molecule has 0 amide bonds. The van der Waals surface area contributed by atoms with Crippen molar-refractivity contribution in [2.75, 3.05) is 12.3 Å². The van der Waals surface area contributed by atoms with Crippen LogP contribution in [0.2, 0.25) is 0 Å². The molecule has 21 heavy (non-hydrogen) atoms. The van der Waals surface area contributed by atoms with Crippen molar-refractivity contribution in [1.82, 2.24) is 5.32 Å². The molecule has 0 bridgehead atoms. The Morgan fingerprint density at radius 3 is 2.38 bits per heavy atom. The molecular weight excluding hydrogens is 294 g/mol. The van der Waals surface area contributed by atoms with E-state index in [4.69, 9.17) is 0 Å². The molecule has 1 aromatic heterocycles. The highest BCUT2D eigenvalue weighted by Gasteiger charge is 2.12. The molecule has 1 nitrogen and oxygen atoms in total. The number of rotatable bonds is 8. The van der Waals surface area contributed by atoms with Crippen LogP contribution in [0.4, 0.5) is 0 Å². The van der Waals surface area contributed by atoms with E-state index in [1.807, 2.05) is 23.1 Å². The molecule has 0 saturated carbocycles. The summed E-state index contributed by atoms with van der Waals surface area (Å²) in [5, 5.41) is 5.83. The topological polar surface area (TPSA) is 12.0 Å². The van der Waals surface area contributed by atoms with Gasteiger partial charge in [-0.15, -0.1) is 23.1 Å². The van der Waals surface area contributed by atoms with Gasteiger partial charge in [0.25, 0.3) is 0 Å². The summed E-state index contributed by atoms with van der Waals surface area (Å²) in [6.45, 7) is 7.78. The van der Waals surface area contributed by atoms with E-state index in [-0.39, 0.29) is 0 Å². The van der Waals surface area contributed by atoms with E-state index in [1.165, 1.54) is 21.8 Å². The minimum absolute atomic E-state index is 0.429. The Kier molecular flexibility index (Phi) is 6.81. The van der Waals surface area contributed by atoms with Crippen LogP contribution in [0.25, 0.3) is 0 Å². The Labute approximate surface area is 137 Å². The second kappa shape index (κ2) is 8.62. The number of benzene rings is 1. The molecule has 1 atom stereocenters. The van der Waals surface area contributed by atoms with Crippen molar-refractivity contribution in [2.24, 2.45) is 0 Å². The van der Waals surface area contributed by atoms with Crippen LogP contribution in [0.3, 0.4) is 0 Å². The van der Waals surface area contributed by atoms with Gasteiger partial charge in [-0.05, 0) is 41.5 Å². The molecule has 114 valence electrons. The number of hydrogen-bond acceptors (Lipinski definition) is 3. The fourth-order valence-corrected chi connectivity index (χ4v) is 4.12. The first-order chi connectivity index (χ1) is 10.2. The molecule has 0 fully saturated rings. The number of thiophene rings is 1. The normalized spacial score (nSPS) is 12.8. The maximum Gasteiger partial charge on any atom is 0.0599 e. The van der Waals surface area contributed by atoms with Gasteiger partial charge in [0, 0.05) is 11.8 Å². The molecular formula is C18H25NS2. The lowest BCUT2D eigenvalue weighted by molar-refractivity contribution is 0.577. The monoisotopic (exact) mass is 319 g/mol. The van der Waals surface area contributed by atoms with Gasteiger partial charge < -0.3 is 5.32 Å². The molecule has 1 N–H and O–H groups in total. The van der Waals surface area contributed by atoms with Crippen LogP contribution < -0.4 is 5.32 Å². The standard InChI is InChI=1S/C18H25NS2/c1-4-11-19-17(13-21-18-6-5-12-20-18)16-9-7-15(8-10-16)14(2)3/h5-10,12,14,17,19H,4,11,13H2,1-3H3. The summed E-state index contributed by atoms with van der Waals surface area (Å²) in [6, 6.07) is 13.9. The zero-order valence-electron chi connectivity index (χ0n) is 13.1. The van der Waals surface area contributed by atoms with E-state index >= 15 is 0 Å². The maximum atomic E-state index is 3.68. The zero-order chi connectivity index (χ0) is 15.1. The van der Waals surface area contributed by atoms with Crippen molar-refractivity contribution in [3.8, 4) is 0 Å². The van der Waals surface area contributed by atoms with Crippen LogP contribution in [0.15, 0.2) is 46.0 Å². The van der Waals surface area contributed by atoms with E-state index in [9.17, 15) is 0 Å². The molecule has 0 radical (unpaired) electrons. The van der Waals surface area contributed by atoms with E-state index in [1.54, 1.807) is 0 Å². The predicted octanol–water partition coefficient (Wildman–Crippen LogP) is 5.70. The highest BCUT2D eigenvalue weighted by atomic mass is 32.2. The minimum Gasteiger partial charge on any atom is -0.309 e. The molecule has 3 heteroatoms. The van der Waals surface area contributed by atoms with Crippen molar-refractivity contribution >= 4 is 23.1 Å². The summed E-state index contributed by atoms with van der Waals surface area (Å²) < 4.78 is 1.40. The minimum atomic E-state index is 0.429. The average Bonchev–Trinajstić information content (AvgIpc) is 3.01. The van der Waals surface area contributed by atoms with Gasteiger partial charge in [0.05, 0.1) is 4.21 Å². The molecule has 0 aliphatic rings. The molecule has 0 saturated heterocycles. The zero-order valence-corrected chi connectivity index (χ0v) is 14.8. The van der Waals surface area contributed by atoms with Crippen molar-refractivity contribution in [2.45, 2.75) is 43.4 Å². The fourth-order valence-electron chi connectivity index (χ4n) is 2.22. The van der Waals surface area contributed by atoms with Gasteiger partial charge in [-0.1, -0.05) is 51.1 Å². The second-order valence-corrected chi connectivity index (χ2v) is 7.84. The van der Waals surface area contributed by atoms with Crippen molar-refractivity contribution in [3.05, 3.63) is 52.9 Å². The van der Waals surface area contributed by atoms with Gasteiger partial charge in [-0.3, -0.25) is 0 Å². The van der Waals surface area contributed by atoms with Crippen molar-refractivity contribution < 1.29 is 0 Å². The van der Waals surface area contributed by atoms with E-state index in [2.05, 4.69) is 67.9 Å². The summed E-state index contributed by atoms with van der Waals surface area (Å²) >= 11 is 3.77. The summed E-state index contributed by atoms with van der Waals surface area (Å²) in [4.78, 5) is 0. The highest BCUT2D eigenvalue weighted by molar-refractivity contribution is 8.01. The third kappa shape index (κ3) is 5.17. The highest BCUT2D eigenvalue weighted by Crippen LogP contribution is 2.28. The Balaban J connectivity index is 2.03. The van der Waals surface area contributed by atoms with Crippen LogP contribution in [0.1, 0.15) is 50.3 Å². The molecule has 0 spiro atoms.